The van der Waals surface area contributed by atoms with E-state index in [-0.39, 0.29) is 23.3 Å². The number of nitrogens with zero attached hydrogens (tertiary/aromatic N) is 2. The number of aryl methyl sites for hydroxylation is 1. The zero-order valence-corrected chi connectivity index (χ0v) is 22.3. The van der Waals surface area contributed by atoms with Crippen molar-refractivity contribution in [3.63, 3.8) is 0 Å². The lowest BCUT2D eigenvalue weighted by atomic mass is 10.2. The molecule has 190 valence electrons. The van der Waals surface area contributed by atoms with Crippen molar-refractivity contribution >= 4 is 69.1 Å². The lowest BCUT2D eigenvalue weighted by molar-refractivity contribution is -0.114. The molecule has 5 rings (SSSR count). The number of ether oxygens (including phenoxy) is 3. The van der Waals surface area contributed by atoms with E-state index < -0.39 is 0 Å². The molecule has 0 aliphatic carbocycles. The number of aliphatic imine (C=N–C) groups is 1. The molecule has 2 aromatic carbocycles. The van der Waals surface area contributed by atoms with Gasteiger partial charge in [-0.3, -0.25) is 9.59 Å². The van der Waals surface area contributed by atoms with Crippen LogP contribution in [-0.4, -0.2) is 43.1 Å². The molecule has 0 spiro atoms. The molecule has 8 nitrogen and oxygen atoms in total. The van der Waals surface area contributed by atoms with Crippen LogP contribution in [0.2, 0.25) is 5.02 Å². The number of thioether (sulfide) groups is 1. The van der Waals surface area contributed by atoms with Gasteiger partial charge in [0.25, 0.3) is 5.91 Å². The van der Waals surface area contributed by atoms with Gasteiger partial charge in [-0.25, -0.2) is 9.89 Å². The maximum atomic E-state index is 13.5. The molecule has 37 heavy (non-hydrogen) atoms. The first-order valence-corrected chi connectivity index (χ1v) is 13.5. The Morgan fingerprint density at radius 1 is 1.22 bits per heavy atom. The SMILES string of the molecule is COc1ccc(Cl)cc1N1C(=O)/C(=C\c2sccc2C)N=C1SCC(=O)Nc1ccc2c(c1)OCCO2. The molecule has 3 heterocycles. The maximum Gasteiger partial charge on any atom is 0.283 e. The van der Waals surface area contributed by atoms with E-state index in [4.69, 9.17) is 25.8 Å². The Morgan fingerprint density at radius 3 is 2.78 bits per heavy atom. The number of fused-ring (bicyclic) bond motifs is 1. The summed E-state index contributed by atoms with van der Waals surface area (Å²) in [6, 6.07) is 12.2. The van der Waals surface area contributed by atoms with Gasteiger partial charge in [0.1, 0.15) is 24.7 Å². The molecule has 11 heteroatoms. The van der Waals surface area contributed by atoms with Crippen molar-refractivity contribution in [2.75, 3.05) is 36.3 Å². The van der Waals surface area contributed by atoms with Gasteiger partial charge in [-0.2, -0.15) is 0 Å². The number of hydrogen-bond acceptors (Lipinski definition) is 8. The van der Waals surface area contributed by atoms with Crippen molar-refractivity contribution in [3.8, 4) is 17.2 Å². The van der Waals surface area contributed by atoms with Crippen LogP contribution in [0.25, 0.3) is 6.08 Å². The third-order valence-electron chi connectivity index (χ3n) is 5.54. The minimum Gasteiger partial charge on any atom is -0.495 e. The van der Waals surface area contributed by atoms with E-state index in [1.165, 1.54) is 23.3 Å². The van der Waals surface area contributed by atoms with E-state index in [2.05, 4.69) is 10.3 Å². The Bertz CT molecular complexity index is 1440. The predicted octanol–water partition coefficient (Wildman–Crippen LogP) is 5.61. The molecule has 0 bridgehead atoms. The Balaban J connectivity index is 1.39. The average molecular weight is 556 g/mol. The quantitative estimate of drug-likeness (QED) is 0.398. The van der Waals surface area contributed by atoms with E-state index in [0.717, 1.165) is 22.2 Å². The third-order valence-corrected chi connectivity index (χ3v) is 7.68. The molecule has 2 aliphatic rings. The summed E-state index contributed by atoms with van der Waals surface area (Å²) in [5.41, 5.74) is 2.35. The lowest BCUT2D eigenvalue weighted by Crippen LogP contribution is -2.31. The van der Waals surface area contributed by atoms with E-state index >= 15 is 0 Å². The topological polar surface area (TPSA) is 89.5 Å². The highest BCUT2D eigenvalue weighted by atomic mass is 35.5. The number of nitrogens with one attached hydrogen (secondary N) is 1. The van der Waals surface area contributed by atoms with Crippen LogP contribution in [0, 0.1) is 6.92 Å². The molecule has 0 fully saturated rings. The first kappa shape index (κ1) is 25.2. The smallest absolute Gasteiger partial charge is 0.283 e. The van der Waals surface area contributed by atoms with Crippen LogP contribution in [0.4, 0.5) is 11.4 Å². The fourth-order valence-corrected chi connectivity index (χ4v) is 5.57. The highest BCUT2D eigenvalue weighted by Crippen LogP contribution is 2.38. The minimum atomic E-state index is -0.330. The second-order valence-corrected chi connectivity index (χ2v) is 10.4. The van der Waals surface area contributed by atoms with Gasteiger partial charge in [-0.05, 0) is 60.3 Å². The first-order chi connectivity index (χ1) is 17.9. The summed E-state index contributed by atoms with van der Waals surface area (Å²) in [5.74, 6) is 1.11. The summed E-state index contributed by atoms with van der Waals surface area (Å²) in [6.07, 6.45) is 1.76. The van der Waals surface area contributed by atoms with Crippen LogP contribution in [0.3, 0.4) is 0 Å². The third kappa shape index (κ3) is 5.46. The van der Waals surface area contributed by atoms with Crippen LogP contribution in [0.1, 0.15) is 10.4 Å². The van der Waals surface area contributed by atoms with Gasteiger partial charge >= 0.3 is 0 Å². The average Bonchev–Trinajstić information content (AvgIpc) is 3.44. The number of thiophene rings is 1. The van der Waals surface area contributed by atoms with Crippen LogP contribution in [0.15, 0.2) is 58.5 Å². The summed E-state index contributed by atoms with van der Waals surface area (Å²) in [6.45, 7) is 2.92. The van der Waals surface area contributed by atoms with Crippen LogP contribution in [-0.2, 0) is 9.59 Å². The molecule has 3 aromatic rings. The fourth-order valence-electron chi connectivity index (χ4n) is 3.75. The van der Waals surface area contributed by atoms with Crippen molar-refractivity contribution in [1.82, 2.24) is 0 Å². The predicted molar refractivity (Wildman–Crippen MR) is 148 cm³/mol. The van der Waals surface area contributed by atoms with Gasteiger partial charge in [-0.15, -0.1) is 11.3 Å². The second-order valence-electron chi connectivity index (χ2n) is 8.04. The maximum absolute atomic E-state index is 13.5. The molecule has 0 saturated carbocycles. The number of benzene rings is 2. The fraction of sp³-hybridized carbons (Fsp3) is 0.192. The normalized spacial score (nSPS) is 15.6. The number of rotatable bonds is 6. The molecule has 0 radical (unpaired) electrons. The number of amidine groups is 1. The molecule has 2 amide bonds. The van der Waals surface area contributed by atoms with Crippen molar-refractivity contribution in [2.45, 2.75) is 6.92 Å². The number of carbonyl (C=O) groups excluding carboxylic acids is 2. The minimum absolute atomic E-state index is 0.0191. The molecule has 0 unspecified atom stereocenters. The van der Waals surface area contributed by atoms with E-state index in [1.54, 1.807) is 42.5 Å². The summed E-state index contributed by atoms with van der Waals surface area (Å²) in [5, 5.41) is 5.61. The van der Waals surface area contributed by atoms with E-state index in [0.29, 0.717) is 52.0 Å². The Kier molecular flexibility index (Phi) is 7.40. The molecule has 0 saturated heterocycles. The lowest BCUT2D eigenvalue weighted by Gasteiger charge is -2.20. The number of carbonyl (C=O) groups is 2. The Hall–Kier alpha value is -3.47. The highest BCUT2D eigenvalue weighted by Gasteiger charge is 2.34. The molecular weight excluding hydrogens is 534 g/mol. The van der Waals surface area contributed by atoms with E-state index in [1.807, 2.05) is 18.4 Å². The molecule has 1 N–H and O–H groups in total. The summed E-state index contributed by atoms with van der Waals surface area (Å²) < 4.78 is 16.6. The summed E-state index contributed by atoms with van der Waals surface area (Å²) in [7, 11) is 1.52. The number of hydrogen-bond donors (Lipinski definition) is 1. The van der Waals surface area contributed by atoms with Crippen molar-refractivity contribution in [1.29, 1.82) is 0 Å². The standard InChI is InChI=1S/C26H22ClN3O5S2/c1-15-7-10-36-23(15)13-18-25(32)30(19-11-16(27)3-5-20(19)33-2)26(29-18)37-14-24(31)28-17-4-6-21-22(12-17)35-9-8-34-21/h3-7,10-13H,8-9,14H2,1-2H3,(H,28,31)/b18-13+. The Morgan fingerprint density at radius 2 is 2.03 bits per heavy atom. The highest BCUT2D eigenvalue weighted by molar-refractivity contribution is 8.14. The zero-order valence-electron chi connectivity index (χ0n) is 19.9. The van der Waals surface area contributed by atoms with E-state index in [9.17, 15) is 9.59 Å². The van der Waals surface area contributed by atoms with Crippen molar-refractivity contribution in [2.24, 2.45) is 4.99 Å². The van der Waals surface area contributed by atoms with Crippen LogP contribution >= 0.6 is 34.7 Å². The zero-order chi connectivity index (χ0) is 25.9. The molecular formula is C26H22ClN3O5S2. The Labute approximate surface area is 226 Å². The van der Waals surface area contributed by atoms with Gasteiger partial charge < -0.3 is 19.5 Å². The first-order valence-electron chi connectivity index (χ1n) is 11.3. The van der Waals surface area contributed by atoms with Gasteiger partial charge in [0, 0.05) is 21.7 Å². The number of anilines is 2. The number of methoxy groups -OCH3 is 1. The largest absolute Gasteiger partial charge is 0.495 e. The summed E-state index contributed by atoms with van der Waals surface area (Å²) >= 11 is 8.92. The number of halogens is 1. The van der Waals surface area contributed by atoms with Crippen LogP contribution in [0.5, 0.6) is 17.2 Å². The second kappa shape index (κ2) is 10.9. The molecule has 0 atom stereocenters. The molecule has 1 aromatic heterocycles. The molecule has 2 aliphatic heterocycles. The van der Waals surface area contributed by atoms with Gasteiger partial charge in [0.05, 0.1) is 18.6 Å². The van der Waals surface area contributed by atoms with Crippen molar-refractivity contribution in [3.05, 3.63) is 69.0 Å². The van der Waals surface area contributed by atoms with Gasteiger partial charge in [0.2, 0.25) is 5.91 Å². The van der Waals surface area contributed by atoms with Gasteiger partial charge in [-0.1, -0.05) is 23.4 Å². The van der Waals surface area contributed by atoms with Crippen molar-refractivity contribution < 1.29 is 23.8 Å². The monoisotopic (exact) mass is 555 g/mol. The van der Waals surface area contributed by atoms with Crippen LogP contribution < -0.4 is 24.4 Å². The number of amides is 2. The summed E-state index contributed by atoms with van der Waals surface area (Å²) in [4.78, 5) is 33.3. The van der Waals surface area contributed by atoms with Gasteiger partial charge in [0.15, 0.2) is 16.7 Å².